The first-order chi connectivity index (χ1) is 7.74. The van der Waals surface area contributed by atoms with Gasteiger partial charge in [0.05, 0.1) is 5.71 Å². The van der Waals surface area contributed by atoms with E-state index in [2.05, 4.69) is 5.10 Å². The van der Waals surface area contributed by atoms with Crippen molar-refractivity contribution >= 4 is 5.71 Å². The highest BCUT2D eigenvalue weighted by Gasteiger charge is 2.30. The summed E-state index contributed by atoms with van der Waals surface area (Å²) in [5.74, 6) is -0.00279. The van der Waals surface area contributed by atoms with E-state index in [0.29, 0.717) is 11.5 Å². The molecule has 1 aromatic rings. The van der Waals surface area contributed by atoms with Crippen molar-refractivity contribution in [3.05, 3.63) is 29.6 Å². The molecule has 0 unspecified atom stereocenters. The van der Waals surface area contributed by atoms with Gasteiger partial charge in [-0.3, -0.25) is 5.01 Å². The molecule has 4 rings (SSSR count). The Labute approximate surface area is 93.2 Å². The lowest BCUT2D eigenvalue weighted by Crippen LogP contribution is -2.40. The quantitative estimate of drug-likeness (QED) is 0.785. The Kier molecular flexibility index (Phi) is 2.09. The molecule has 0 aromatic heterocycles. The molecular formula is C12H13FN2O. The van der Waals surface area contributed by atoms with Crippen LogP contribution >= 0.6 is 0 Å². The predicted octanol–water partition coefficient (Wildman–Crippen LogP) is 1.96. The molecule has 0 radical (unpaired) electrons. The Morgan fingerprint density at radius 1 is 1.31 bits per heavy atom. The second-order valence-corrected chi connectivity index (χ2v) is 4.37. The molecule has 1 saturated heterocycles. The largest absolute Gasteiger partial charge is 0.507 e. The summed E-state index contributed by atoms with van der Waals surface area (Å²) >= 11 is 0. The van der Waals surface area contributed by atoms with Crippen LogP contribution in [0.3, 0.4) is 0 Å². The molecule has 0 spiro atoms. The monoisotopic (exact) mass is 220 g/mol. The van der Waals surface area contributed by atoms with Crippen LogP contribution in [-0.4, -0.2) is 28.9 Å². The zero-order valence-corrected chi connectivity index (χ0v) is 8.86. The van der Waals surface area contributed by atoms with Crippen LogP contribution in [0.2, 0.25) is 0 Å². The highest BCUT2D eigenvalue weighted by Crippen LogP contribution is 2.31. The number of phenolic OH excluding ortho intramolecular Hbond substituents is 1. The SMILES string of the molecule is Oc1cc(F)ccc1C1=NN2CCC1CC2. The van der Waals surface area contributed by atoms with Crippen molar-refractivity contribution in [1.82, 2.24) is 5.01 Å². The summed E-state index contributed by atoms with van der Waals surface area (Å²) in [7, 11) is 0. The van der Waals surface area contributed by atoms with E-state index in [-0.39, 0.29) is 5.75 Å². The summed E-state index contributed by atoms with van der Waals surface area (Å²) in [6, 6.07) is 4.13. The molecule has 1 aromatic carbocycles. The Bertz CT molecular complexity index is 450. The molecule has 0 amide bonds. The van der Waals surface area contributed by atoms with Crippen LogP contribution in [0.25, 0.3) is 0 Å². The van der Waals surface area contributed by atoms with Crippen LogP contribution in [0.4, 0.5) is 4.39 Å². The van der Waals surface area contributed by atoms with Gasteiger partial charge in [-0.1, -0.05) is 0 Å². The molecule has 3 heterocycles. The van der Waals surface area contributed by atoms with Crippen molar-refractivity contribution in [2.24, 2.45) is 11.0 Å². The Morgan fingerprint density at radius 2 is 2.06 bits per heavy atom. The van der Waals surface area contributed by atoms with Crippen LogP contribution in [0, 0.1) is 11.7 Å². The van der Waals surface area contributed by atoms with Crippen molar-refractivity contribution in [3.8, 4) is 5.75 Å². The Balaban J connectivity index is 2.04. The van der Waals surface area contributed by atoms with Crippen molar-refractivity contribution in [3.63, 3.8) is 0 Å². The number of phenols is 1. The molecule has 84 valence electrons. The minimum atomic E-state index is -0.414. The fourth-order valence-corrected chi connectivity index (χ4v) is 2.47. The molecule has 0 aliphatic carbocycles. The topological polar surface area (TPSA) is 35.8 Å². The summed E-state index contributed by atoms with van der Waals surface area (Å²) in [5, 5.41) is 16.2. The number of hydrazone groups is 1. The predicted molar refractivity (Wildman–Crippen MR) is 58.9 cm³/mol. The third-order valence-corrected chi connectivity index (χ3v) is 3.34. The molecule has 4 heteroatoms. The third kappa shape index (κ3) is 1.45. The molecule has 3 nitrogen and oxygen atoms in total. The lowest BCUT2D eigenvalue weighted by molar-refractivity contribution is 0.191. The van der Waals surface area contributed by atoms with Crippen LogP contribution in [0.15, 0.2) is 23.3 Å². The standard InChI is InChI=1S/C12H13FN2O/c13-9-1-2-10(11(16)7-9)12-8-3-5-15(14-12)6-4-8/h1-2,7-8,16H,3-6H2. The lowest BCUT2D eigenvalue weighted by Gasteiger charge is -2.37. The van der Waals surface area contributed by atoms with Crippen LogP contribution in [-0.2, 0) is 0 Å². The van der Waals surface area contributed by atoms with Crippen LogP contribution in [0.5, 0.6) is 5.75 Å². The van der Waals surface area contributed by atoms with Crippen molar-refractivity contribution in [1.29, 1.82) is 0 Å². The number of halogens is 1. The van der Waals surface area contributed by atoms with Gasteiger partial charge >= 0.3 is 0 Å². The maximum absolute atomic E-state index is 12.9. The highest BCUT2D eigenvalue weighted by atomic mass is 19.1. The Morgan fingerprint density at radius 3 is 2.62 bits per heavy atom. The fourth-order valence-electron chi connectivity index (χ4n) is 2.47. The van der Waals surface area contributed by atoms with Gasteiger partial charge in [-0.05, 0) is 25.0 Å². The summed E-state index contributed by atoms with van der Waals surface area (Å²) < 4.78 is 12.9. The average molecular weight is 220 g/mol. The van der Waals surface area contributed by atoms with Crippen LogP contribution < -0.4 is 0 Å². The molecule has 1 fully saturated rings. The van der Waals surface area contributed by atoms with Gasteiger partial charge in [0.15, 0.2) is 0 Å². The Hall–Kier alpha value is -1.58. The van der Waals surface area contributed by atoms with E-state index in [1.807, 2.05) is 5.01 Å². The third-order valence-electron chi connectivity index (χ3n) is 3.34. The summed E-state index contributed by atoms with van der Waals surface area (Å²) in [4.78, 5) is 0. The second-order valence-electron chi connectivity index (χ2n) is 4.37. The molecule has 3 aliphatic heterocycles. The van der Waals surface area contributed by atoms with E-state index >= 15 is 0 Å². The fraction of sp³-hybridized carbons (Fsp3) is 0.417. The molecule has 16 heavy (non-hydrogen) atoms. The first kappa shape index (κ1) is 9.63. The van der Waals surface area contributed by atoms with Gasteiger partial charge in [0.1, 0.15) is 11.6 Å². The second kappa shape index (κ2) is 3.47. The number of benzene rings is 1. The van der Waals surface area contributed by atoms with Gasteiger partial charge in [-0.15, -0.1) is 0 Å². The molecular weight excluding hydrogens is 207 g/mol. The lowest BCUT2D eigenvalue weighted by atomic mass is 9.86. The smallest absolute Gasteiger partial charge is 0.127 e. The van der Waals surface area contributed by atoms with E-state index in [1.165, 1.54) is 6.07 Å². The molecule has 0 saturated carbocycles. The van der Waals surface area contributed by atoms with Gasteiger partial charge in [0, 0.05) is 30.6 Å². The van der Waals surface area contributed by atoms with Crippen molar-refractivity contribution < 1.29 is 9.50 Å². The zero-order chi connectivity index (χ0) is 11.1. The molecule has 3 aliphatic rings. The van der Waals surface area contributed by atoms with Gasteiger partial charge in [0.2, 0.25) is 0 Å². The van der Waals surface area contributed by atoms with E-state index < -0.39 is 5.82 Å². The van der Waals surface area contributed by atoms with E-state index in [4.69, 9.17) is 0 Å². The van der Waals surface area contributed by atoms with E-state index in [0.717, 1.165) is 37.7 Å². The minimum absolute atomic E-state index is 0.00694. The van der Waals surface area contributed by atoms with Crippen LogP contribution in [0.1, 0.15) is 18.4 Å². The van der Waals surface area contributed by atoms with E-state index in [1.54, 1.807) is 6.07 Å². The van der Waals surface area contributed by atoms with Gasteiger partial charge in [-0.2, -0.15) is 5.10 Å². The number of hydrogen-bond donors (Lipinski definition) is 1. The molecule has 1 N–H and O–H groups in total. The maximum Gasteiger partial charge on any atom is 0.127 e. The first-order valence-corrected chi connectivity index (χ1v) is 5.56. The average Bonchev–Trinajstić information content (AvgIpc) is 2.30. The molecule has 2 bridgehead atoms. The first-order valence-electron chi connectivity index (χ1n) is 5.56. The minimum Gasteiger partial charge on any atom is -0.507 e. The van der Waals surface area contributed by atoms with E-state index in [9.17, 15) is 9.50 Å². The normalized spacial score (nSPS) is 20.1. The summed E-state index contributed by atoms with van der Waals surface area (Å²) in [5.41, 5.74) is 1.59. The van der Waals surface area contributed by atoms with Gasteiger partial charge in [-0.25, -0.2) is 4.39 Å². The van der Waals surface area contributed by atoms with Crippen molar-refractivity contribution in [2.75, 3.05) is 13.1 Å². The number of rotatable bonds is 1. The van der Waals surface area contributed by atoms with Gasteiger partial charge < -0.3 is 5.11 Å². The molecule has 0 atom stereocenters. The van der Waals surface area contributed by atoms with Gasteiger partial charge in [0.25, 0.3) is 0 Å². The maximum atomic E-state index is 12.9. The number of aromatic hydroxyl groups is 1. The zero-order valence-electron chi connectivity index (χ0n) is 8.86. The summed E-state index contributed by atoms with van der Waals surface area (Å²) in [6.07, 6.45) is 2.16. The van der Waals surface area contributed by atoms with Crippen molar-refractivity contribution in [2.45, 2.75) is 12.8 Å². The number of piperidine rings is 1. The highest BCUT2D eigenvalue weighted by molar-refractivity contribution is 6.04. The number of hydrogen-bond acceptors (Lipinski definition) is 3. The summed E-state index contributed by atoms with van der Waals surface area (Å²) in [6.45, 7) is 1.99. The number of nitrogens with zero attached hydrogens (tertiary/aromatic N) is 2. The number of fused-ring (bicyclic) bond motifs is 2.